The maximum atomic E-state index is 12.4. The highest BCUT2D eigenvalue weighted by Gasteiger charge is 2.24. The van der Waals surface area contributed by atoms with Crippen LogP contribution in [0.25, 0.3) is 6.08 Å². The number of benzene rings is 1. The van der Waals surface area contributed by atoms with Crippen LogP contribution in [0.4, 0.5) is 0 Å². The molecule has 6 nitrogen and oxygen atoms in total. The number of carbonyl (C=O) groups excluding carboxylic acids is 1. The minimum Gasteiger partial charge on any atom is -0.497 e. The van der Waals surface area contributed by atoms with Gasteiger partial charge < -0.3 is 14.4 Å². The van der Waals surface area contributed by atoms with Crippen molar-refractivity contribution in [3.8, 4) is 11.8 Å². The first-order chi connectivity index (χ1) is 12.2. The second kappa shape index (κ2) is 8.28. The van der Waals surface area contributed by atoms with E-state index >= 15 is 0 Å². The first kappa shape index (κ1) is 17.0. The van der Waals surface area contributed by atoms with Crippen LogP contribution in [0.5, 0.6) is 11.8 Å². The number of methoxy groups -OCH3 is 1. The van der Waals surface area contributed by atoms with Crippen molar-refractivity contribution in [1.82, 2.24) is 14.9 Å². The number of likely N-dealkylation sites (tertiary alicyclic amines) is 1. The molecular weight excluding hydrogens is 318 g/mol. The molecule has 3 rings (SSSR count). The molecule has 25 heavy (non-hydrogen) atoms. The van der Waals surface area contributed by atoms with E-state index in [0.29, 0.717) is 12.6 Å². The quantitative estimate of drug-likeness (QED) is 0.784. The fourth-order valence-electron chi connectivity index (χ4n) is 2.72. The Kier molecular flexibility index (Phi) is 5.61. The van der Waals surface area contributed by atoms with Gasteiger partial charge in [-0.25, -0.2) is 9.97 Å². The molecule has 0 saturated carbocycles. The van der Waals surface area contributed by atoms with Crippen molar-refractivity contribution in [3.05, 3.63) is 54.4 Å². The Balaban J connectivity index is 1.56. The first-order valence-electron chi connectivity index (χ1n) is 8.29. The van der Waals surface area contributed by atoms with E-state index in [-0.39, 0.29) is 12.0 Å². The molecule has 0 bridgehead atoms. The summed E-state index contributed by atoms with van der Waals surface area (Å²) in [6.45, 7) is 1.28. The summed E-state index contributed by atoms with van der Waals surface area (Å²) >= 11 is 0. The van der Waals surface area contributed by atoms with Gasteiger partial charge in [0.05, 0.1) is 13.7 Å². The van der Waals surface area contributed by atoms with Crippen LogP contribution in [-0.4, -0.2) is 47.1 Å². The largest absolute Gasteiger partial charge is 0.497 e. The number of carbonyl (C=O) groups is 1. The molecule has 6 heteroatoms. The van der Waals surface area contributed by atoms with Gasteiger partial charge in [-0.15, -0.1) is 0 Å². The maximum Gasteiger partial charge on any atom is 0.316 e. The Morgan fingerprint density at radius 3 is 2.72 bits per heavy atom. The summed E-state index contributed by atoms with van der Waals surface area (Å²) in [6, 6.07) is 9.67. The fraction of sp³-hybridized carbons (Fsp3) is 0.316. The molecule has 1 aromatic carbocycles. The molecule has 2 heterocycles. The van der Waals surface area contributed by atoms with Crippen LogP contribution >= 0.6 is 0 Å². The molecule has 0 unspecified atom stereocenters. The zero-order valence-corrected chi connectivity index (χ0v) is 14.2. The topological polar surface area (TPSA) is 64.5 Å². The lowest BCUT2D eigenvalue weighted by Gasteiger charge is -2.31. The molecule has 1 amide bonds. The molecule has 1 aliphatic heterocycles. The molecule has 0 aliphatic carbocycles. The van der Waals surface area contributed by atoms with Crippen LogP contribution in [0.3, 0.4) is 0 Å². The molecule has 0 spiro atoms. The van der Waals surface area contributed by atoms with Crippen LogP contribution in [0.2, 0.25) is 0 Å². The van der Waals surface area contributed by atoms with Crippen LogP contribution in [-0.2, 0) is 4.79 Å². The summed E-state index contributed by atoms with van der Waals surface area (Å²) in [5, 5.41) is 0. The summed E-state index contributed by atoms with van der Waals surface area (Å²) in [6.07, 6.45) is 8.42. The third-order valence-electron chi connectivity index (χ3n) is 4.04. The standard InChI is InChI=1S/C19H21N3O3/c1-24-16-8-5-15(6-9-16)7-10-18(23)22-13-2-4-17(14-22)25-19-20-11-3-12-21-19/h3,5-12,17H,2,4,13-14H2,1H3/b10-7+/t17-/m1/s1. The Bertz CT molecular complexity index is 716. The van der Waals surface area contributed by atoms with E-state index in [9.17, 15) is 4.79 Å². The average Bonchev–Trinajstić information content (AvgIpc) is 2.67. The van der Waals surface area contributed by atoms with E-state index in [1.54, 1.807) is 36.5 Å². The van der Waals surface area contributed by atoms with Crippen molar-refractivity contribution in [2.24, 2.45) is 0 Å². The maximum absolute atomic E-state index is 12.4. The van der Waals surface area contributed by atoms with Crippen LogP contribution < -0.4 is 9.47 Å². The lowest BCUT2D eigenvalue weighted by molar-refractivity contribution is -0.128. The summed E-state index contributed by atoms with van der Waals surface area (Å²) in [5.74, 6) is 0.778. The second-order valence-corrected chi connectivity index (χ2v) is 5.80. The third kappa shape index (κ3) is 4.79. The van der Waals surface area contributed by atoms with E-state index in [1.165, 1.54) is 0 Å². The van der Waals surface area contributed by atoms with Crippen molar-refractivity contribution in [3.63, 3.8) is 0 Å². The van der Waals surface area contributed by atoms with Gasteiger partial charge in [0.1, 0.15) is 11.9 Å². The first-order valence-corrected chi connectivity index (χ1v) is 8.29. The van der Waals surface area contributed by atoms with Crippen molar-refractivity contribution in [2.45, 2.75) is 18.9 Å². The summed E-state index contributed by atoms with van der Waals surface area (Å²) in [7, 11) is 1.63. The van der Waals surface area contributed by atoms with Crippen LogP contribution in [0.15, 0.2) is 48.8 Å². The number of rotatable bonds is 5. The summed E-state index contributed by atoms with van der Waals surface area (Å²) in [4.78, 5) is 22.4. The van der Waals surface area contributed by atoms with Gasteiger partial charge in [0, 0.05) is 25.0 Å². The van der Waals surface area contributed by atoms with Gasteiger partial charge >= 0.3 is 6.01 Å². The number of aromatic nitrogens is 2. The zero-order valence-electron chi connectivity index (χ0n) is 14.2. The molecular formula is C19H21N3O3. The highest BCUT2D eigenvalue weighted by atomic mass is 16.5. The monoisotopic (exact) mass is 339 g/mol. The Morgan fingerprint density at radius 1 is 1.24 bits per heavy atom. The molecule has 130 valence electrons. The van der Waals surface area contributed by atoms with Crippen molar-refractivity contribution in [1.29, 1.82) is 0 Å². The highest BCUT2D eigenvalue weighted by Crippen LogP contribution is 2.16. The van der Waals surface area contributed by atoms with E-state index in [2.05, 4.69) is 9.97 Å². The minimum absolute atomic E-state index is 0.0156. The number of nitrogens with zero attached hydrogens (tertiary/aromatic N) is 3. The molecule has 0 radical (unpaired) electrons. The molecule has 0 N–H and O–H groups in total. The molecule has 1 saturated heterocycles. The van der Waals surface area contributed by atoms with Crippen molar-refractivity contribution in [2.75, 3.05) is 20.2 Å². The van der Waals surface area contributed by atoms with Gasteiger partial charge in [-0.3, -0.25) is 4.79 Å². The minimum atomic E-state index is -0.0745. The third-order valence-corrected chi connectivity index (χ3v) is 4.04. The number of hydrogen-bond acceptors (Lipinski definition) is 5. The van der Waals surface area contributed by atoms with Crippen molar-refractivity contribution >= 4 is 12.0 Å². The van der Waals surface area contributed by atoms with E-state index in [1.807, 2.05) is 30.3 Å². The van der Waals surface area contributed by atoms with Gasteiger partial charge in [-0.2, -0.15) is 0 Å². The van der Waals surface area contributed by atoms with Crippen LogP contribution in [0, 0.1) is 0 Å². The highest BCUT2D eigenvalue weighted by molar-refractivity contribution is 5.91. The SMILES string of the molecule is COc1ccc(/C=C/C(=O)N2CCC[C@@H](Oc3ncccn3)C2)cc1. The van der Waals surface area contributed by atoms with E-state index in [0.717, 1.165) is 30.7 Å². The summed E-state index contributed by atoms with van der Waals surface area (Å²) in [5.41, 5.74) is 0.955. The van der Waals surface area contributed by atoms with Gasteiger partial charge in [0.2, 0.25) is 5.91 Å². The molecule has 1 aliphatic rings. The second-order valence-electron chi connectivity index (χ2n) is 5.80. The van der Waals surface area contributed by atoms with Gasteiger partial charge in [-0.1, -0.05) is 12.1 Å². The smallest absolute Gasteiger partial charge is 0.316 e. The molecule has 2 aromatic rings. The van der Waals surface area contributed by atoms with Gasteiger partial charge in [0.25, 0.3) is 0 Å². The molecule has 1 aromatic heterocycles. The average molecular weight is 339 g/mol. The zero-order chi connectivity index (χ0) is 17.5. The summed E-state index contributed by atoms with van der Waals surface area (Å²) < 4.78 is 10.9. The van der Waals surface area contributed by atoms with E-state index in [4.69, 9.17) is 9.47 Å². The molecule has 1 fully saturated rings. The Morgan fingerprint density at radius 2 is 2.00 bits per heavy atom. The lowest BCUT2D eigenvalue weighted by Crippen LogP contribution is -2.43. The predicted octanol–water partition coefficient (Wildman–Crippen LogP) is 2.57. The number of ether oxygens (including phenoxy) is 2. The van der Waals surface area contributed by atoms with Crippen molar-refractivity contribution < 1.29 is 14.3 Å². The van der Waals surface area contributed by atoms with E-state index < -0.39 is 0 Å². The Hall–Kier alpha value is -2.89. The van der Waals surface area contributed by atoms with Crippen LogP contribution in [0.1, 0.15) is 18.4 Å². The normalized spacial score (nSPS) is 17.5. The fourth-order valence-corrected chi connectivity index (χ4v) is 2.72. The Labute approximate surface area is 147 Å². The lowest BCUT2D eigenvalue weighted by atomic mass is 10.1. The number of amides is 1. The molecule has 1 atom stereocenters. The van der Waals surface area contributed by atoms with Gasteiger partial charge in [-0.05, 0) is 42.7 Å². The van der Waals surface area contributed by atoms with Gasteiger partial charge in [0.15, 0.2) is 0 Å². The number of hydrogen-bond donors (Lipinski definition) is 0. The number of piperidine rings is 1. The predicted molar refractivity (Wildman–Crippen MR) is 94.3 cm³/mol.